The van der Waals surface area contributed by atoms with E-state index in [1.54, 1.807) is 0 Å². The largest absolute Gasteiger partial charge is 0.332 e. The predicted molar refractivity (Wildman–Crippen MR) is 51.6 cm³/mol. The van der Waals surface area contributed by atoms with E-state index >= 15 is 0 Å². The van der Waals surface area contributed by atoms with Crippen LogP contribution in [0.1, 0.15) is 39.0 Å². The second-order valence-electron chi connectivity index (χ2n) is 3.33. The molecule has 0 heterocycles. The topological polar surface area (TPSA) is 38.7 Å². The summed E-state index contributed by atoms with van der Waals surface area (Å²) < 4.78 is 0. The monoisotopic (exact) mass is 203 g/mol. The molecule has 1 fully saturated rings. The van der Waals surface area contributed by atoms with Crippen molar-refractivity contribution in [2.75, 3.05) is 0 Å². The van der Waals surface area contributed by atoms with Gasteiger partial charge >= 0.3 is 5.97 Å². The molecule has 0 atom stereocenters. The summed E-state index contributed by atoms with van der Waals surface area (Å²) in [5, 5.41) is 4.02. The first kappa shape index (κ1) is 10.5. The van der Waals surface area contributed by atoms with Crippen molar-refractivity contribution in [2.24, 2.45) is 11.1 Å². The van der Waals surface area contributed by atoms with Crippen LogP contribution in [0.15, 0.2) is 5.16 Å². The average molecular weight is 204 g/mol. The summed E-state index contributed by atoms with van der Waals surface area (Å²) in [6.07, 6.45) is 5.77. The molecule has 0 bridgehead atoms. The van der Waals surface area contributed by atoms with Gasteiger partial charge in [-0.3, -0.25) is 0 Å². The molecule has 0 amide bonds. The Bertz CT molecular complexity index is 210. The van der Waals surface area contributed by atoms with Crippen molar-refractivity contribution in [1.82, 2.24) is 0 Å². The van der Waals surface area contributed by atoms with Crippen LogP contribution < -0.4 is 0 Å². The second kappa shape index (κ2) is 5.22. The molecule has 1 rings (SSSR count). The van der Waals surface area contributed by atoms with Crippen LogP contribution in [-0.4, -0.2) is 11.1 Å². The van der Waals surface area contributed by atoms with Crippen LogP contribution in [0, 0.1) is 5.92 Å². The fourth-order valence-electron chi connectivity index (χ4n) is 1.52. The van der Waals surface area contributed by atoms with E-state index in [0.29, 0.717) is 11.1 Å². The van der Waals surface area contributed by atoms with Crippen LogP contribution >= 0.6 is 11.6 Å². The molecule has 0 aromatic rings. The Morgan fingerprint density at radius 2 is 2.00 bits per heavy atom. The van der Waals surface area contributed by atoms with E-state index in [4.69, 9.17) is 11.6 Å². The molecule has 0 aromatic heterocycles. The number of rotatable bonds is 2. The third kappa shape index (κ3) is 3.77. The summed E-state index contributed by atoms with van der Waals surface area (Å²) in [4.78, 5) is 14.9. The highest BCUT2D eigenvalue weighted by molar-refractivity contribution is 6.65. The predicted octanol–water partition coefficient (Wildman–Crippen LogP) is 2.68. The molecule has 1 saturated carbocycles. The smallest absolute Gasteiger partial charge is 0.317 e. The molecule has 1 aliphatic rings. The summed E-state index contributed by atoms with van der Waals surface area (Å²) in [6, 6.07) is 0. The molecule has 0 saturated heterocycles. The van der Waals surface area contributed by atoms with Crippen LogP contribution in [0.3, 0.4) is 0 Å². The maximum absolute atomic E-state index is 10.4. The van der Waals surface area contributed by atoms with Crippen molar-refractivity contribution in [1.29, 1.82) is 0 Å². The number of hydrogen-bond acceptors (Lipinski definition) is 3. The Balaban J connectivity index is 2.39. The van der Waals surface area contributed by atoms with Gasteiger partial charge in [-0.1, -0.05) is 36.0 Å². The lowest BCUT2D eigenvalue weighted by Gasteiger charge is -2.18. The average Bonchev–Trinajstić information content (AvgIpc) is 2.15. The van der Waals surface area contributed by atoms with E-state index in [9.17, 15) is 4.79 Å². The van der Waals surface area contributed by atoms with Crippen LogP contribution in [0.2, 0.25) is 0 Å². The van der Waals surface area contributed by atoms with Gasteiger partial charge < -0.3 is 4.84 Å². The maximum Gasteiger partial charge on any atom is 0.332 e. The Kier molecular flexibility index (Phi) is 4.22. The van der Waals surface area contributed by atoms with Crippen LogP contribution in [0.25, 0.3) is 0 Å². The zero-order valence-corrected chi connectivity index (χ0v) is 8.51. The van der Waals surface area contributed by atoms with E-state index < -0.39 is 5.97 Å². The molecule has 1 aliphatic carbocycles. The van der Waals surface area contributed by atoms with Gasteiger partial charge in [-0.25, -0.2) is 4.79 Å². The second-order valence-corrected chi connectivity index (χ2v) is 3.72. The molecule has 74 valence electrons. The fraction of sp³-hybridized carbons (Fsp3) is 0.778. The third-order valence-corrected chi connectivity index (χ3v) is 2.58. The highest BCUT2D eigenvalue weighted by Gasteiger charge is 2.18. The lowest BCUT2D eigenvalue weighted by Crippen LogP contribution is -2.13. The van der Waals surface area contributed by atoms with Crippen molar-refractivity contribution in [2.45, 2.75) is 39.0 Å². The lowest BCUT2D eigenvalue weighted by molar-refractivity contribution is -0.140. The van der Waals surface area contributed by atoms with Crippen molar-refractivity contribution in [3.05, 3.63) is 0 Å². The molecule has 0 radical (unpaired) electrons. The number of hydrogen-bond donors (Lipinski definition) is 0. The summed E-state index contributed by atoms with van der Waals surface area (Å²) in [5.74, 6) is -0.122. The minimum absolute atomic E-state index is 0.301. The van der Waals surface area contributed by atoms with Gasteiger partial charge in [0.1, 0.15) is 5.17 Å². The zero-order valence-electron chi connectivity index (χ0n) is 7.75. The van der Waals surface area contributed by atoms with E-state index in [0.717, 1.165) is 12.8 Å². The highest BCUT2D eigenvalue weighted by atomic mass is 35.5. The molecule has 0 aliphatic heterocycles. The fourth-order valence-corrected chi connectivity index (χ4v) is 1.78. The summed E-state index contributed by atoms with van der Waals surface area (Å²) in [7, 11) is 0. The molecule has 0 spiro atoms. The van der Waals surface area contributed by atoms with Gasteiger partial charge in [0, 0.05) is 12.8 Å². The van der Waals surface area contributed by atoms with Gasteiger partial charge in [0.25, 0.3) is 0 Å². The first-order valence-corrected chi connectivity index (χ1v) is 4.99. The van der Waals surface area contributed by atoms with E-state index in [1.807, 2.05) is 0 Å². The highest BCUT2D eigenvalue weighted by Crippen LogP contribution is 2.26. The SMILES string of the molecule is CC(=O)ON=C(Cl)C1CCCCC1. The number of halogens is 1. The van der Waals surface area contributed by atoms with Crippen LogP contribution in [-0.2, 0) is 9.63 Å². The summed E-state index contributed by atoms with van der Waals surface area (Å²) in [6.45, 7) is 1.31. The molecule has 3 nitrogen and oxygen atoms in total. The molecule has 0 aromatic carbocycles. The first-order chi connectivity index (χ1) is 6.20. The lowest BCUT2D eigenvalue weighted by atomic mass is 9.90. The van der Waals surface area contributed by atoms with Crippen molar-refractivity contribution in [3.8, 4) is 0 Å². The zero-order chi connectivity index (χ0) is 9.68. The number of carbonyl (C=O) groups is 1. The maximum atomic E-state index is 10.4. The summed E-state index contributed by atoms with van der Waals surface area (Å²) >= 11 is 5.88. The van der Waals surface area contributed by atoms with E-state index in [-0.39, 0.29) is 0 Å². The van der Waals surface area contributed by atoms with Crippen molar-refractivity contribution >= 4 is 22.7 Å². The van der Waals surface area contributed by atoms with Crippen molar-refractivity contribution in [3.63, 3.8) is 0 Å². The van der Waals surface area contributed by atoms with Gasteiger partial charge in [0.2, 0.25) is 0 Å². The standard InChI is InChI=1S/C9H14ClNO2/c1-7(12)13-11-9(10)8-5-3-2-4-6-8/h8H,2-6H2,1H3. The van der Waals surface area contributed by atoms with Crippen LogP contribution in [0.4, 0.5) is 0 Å². The molecule has 0 unspecified atom stereocenters. The van der Waals surface area contributed by atoms with E-state index in [2.05, 4.69) is 9.99 Å². The number of carbonyl (C=O) groups excluding carboxylic acids is 1. The Labute approximate surface area is 83.1 Å². The normalized spacial score (nSPS) is 20.0. The molecular formula is C9H14ClNO2. The number of oxime groups is 1. The molecule has 0 N–H and O–H groups in total. The van der Waals surface area contributed by atoms with Gasteiger partial charge in [-0.05, 0) is 12.8 Å². The molecule has 4 heteroatoms. The quantitative estimate of drug-likeness (QED) is 0.393. The molecule has 13 heavy (non-hydrogen) atoms. The van der Waals surface area contributed by atoms with E-state index in [1.165, 1.54) is 26.2 Å². The minimum atomic E-state index is -0.422. The minimum Gasteiger partial charge on any atom is -0.317 e. The Hall–Kier alpha value is -0.570. The van der Waals surface area contributed by atoms with Gasteiger partial charge in [0.05, 0.1) is 0 Å². The van der Waals surface area contributed by atoms with Crippen molar-refractivity contribution < 1.29 is 9.63 Å². The summed E-state index contributed by atoms with van der Waals surface area (Å²) in [5.41, 5.74) is 0. The number of nitrogens with zero attached hydrogens (tertiary/aromatic N) is 1. The Morgan fingerprint density at radius 3 is 2.54 bits per heavy atom. The molecular weight excluding hydrogens is 190 g/mol. The van der Waals surface area contributed by atoms with Gasteiger partial charge in [-0.15, -0.1) is 0 Å². The van der Waals surface area contributed by atoms with Crippen LogP contribution in [0.5, 0.6) is 0 Å². The Morgan fingerprint density at radius 1 is 1.38 bits per heavy atom. The first-order valence-electron chi connectivity index (χ1n) is 4.61. The third-order valence-electron chi connectivity index (χ3n) is 2.20. The van der Waals surface area contributed by atoms with Gasteiger partial charge in [-0.2, -0.15) is 0 Å². The van der Waals surface area contributed by atoms with Gasteiger partial charge in [0.15, 0.2) is 0 Å².